The molecule has 1 aliphatic heterocycles. The molecule has 0 saturated carbocycles. The van der Waals surface area contributed by atoms with Gasteiger partial charge in [-0.05, 0) is 31.9 Å². The number of anilines is 1. The van der Waals surface area contributed by atoms with Crippen molar-refractivity contribution < 1.29 is 19.9 Å². The Hall–Kier alpha value is -2.15. The number of aromatic carboxylic acids is 1. The summed E-state index contributed by atoms with van der Waals surface area (Å²) >= 11 is 0. The Balaban J connectivity index is 2.36. The van der Waals surface area contributed by atoms with E-state index in [4.69, 9.17) is 5.11 Å². The van der Waals surface area contributed by atoms with Crippen LogP contribution in [0.15, 0.2) is 18.2 Å². The Kier molecular flexibility index (Phi) is 3.63. The van der Waals surface area contributed by atoms with Crippen molar-refractivity contribution in [3.05, 3.63) is 33.9 Å². The highest BCUT2D eigenvalue weighted by Crippen LogP contribution is 2.33. The molecular formula is C13H16N2O5. The van der Waals surface area contributed by atoms with Crippen molar-refractivity contribution in [3.63, 3.8) is 0 Å². The zero-order valence-corrected chi connectivity index (χ0v) is 11.1. The van der Waals surface area contributed by atoms with E-state index in [-0.39, 0.29) is 11.3 Å². The summed E-state index contributed by atoms with van der Waals surface area (Å²) in [6.45, 7) is 2.64. The lowest BCUT2D eigenvalue weighted by atomic mass is 9.93. The van der Waals surface area contributed by atoms with Crippen LogP contribution < -0.4 is 4.90 Å². The number of nitrogens with zero attached hydrogens (tertiary/aromatic N) is 2. The molecule has 0 spiro atoms. The predicted molar refractivity (Wildman–Crippen MR) is 72.1 cm³/mol. The van der Waals surface area contributed by atoms with Crippen LogP contribution in [0.1, 0.15) is 30.1 Å². The maximum absolute atomic E-state index is 11.1. The van der Waals surface area contributed by atoms with Crippen LogP contribution in [0.25, 0.3) is 0 Å². The van der Waals surface area contributed by atoms with Crippen LogP contribution in [0.2, 0.25) is 0 Å². The fourth-order valence-electron chi connectivity index (χ4n) is 2.29. The molecule has 0 amide bonds. The number of rotatable bonds is 3. The van der Waals surface area contributed by atoms with Gasteiger partial charge in [-0.25, -0.2) is 4.79 Å². The van der Waals surface area contributed by atoms with Crippen molar-refractivity contribution in [2.45, 2.75) is 25.4 Å². The van der Waals surface area contributed by atoms with Crippen molar-refractivity contribution in [1.82, 2.24) is 0 Å². The van der Waals surface area contributed by atoms with Gasteiger partial charge in [-0.1, -0.05) is 0 Å². The van der Waals surface area contributed by atoms with Crippen LogP contribution in [-0.2, 0) is 0 Å². The standard InChI is InChI=1S/C13H16N2O5/c1-13(18)4-6-14(7-5-13)11-8-9(12(16)17)2-3-10(11)15(19)20/h2-3,8,18H,4-7H2,1H3,(H,16,17). The number of benzene rings is 1. The number of nitro groups is 1. The van der Waals surface area contributed by atoms with Gasteiger partial charge in [0, 0.05) is 19.2 Å². The average molecular weight is 280 g/mol. The number of carbonyl (C=O) groups is 1. The first-order valence-corrected chi connectivity index (χ1v) is 6.29. The van der Waals surface area contributed by atoms with Crippen molar-refractivity contribution in [3.8, 4) is 0 Å². The molecular weight excluding hydrogens is 264 g/mol. The molecule has 0 unspecified atom stereocenters. The van der Waals surface area contributed by atoms with Crippen molar-refractivity contribution in [2.24, 2.45) is 0 Å². The Morgan fingerprint density at radius 1 is 1.40 bits per heavy atom. The Labute approximate surface area is 115 Å². The van der Waals surface area contributed by atoms with E-state index < -0.39 is 16.5 Å². The number of hydrogen-bond acceptors (Lipinski definition) is 5. The molecule has 2 rings (SSSR count). The van der Waals surface area contributed by atoms with Gasteiger partial charge in [0.15, 0.2) is 0 Å². The number of aliphatic hydroxyl groups is 1. The van der Waals surface area contributed by atoms with Crippen molar-refractivity contribution in [1.29, 1.82) is 0 Å². The summed E-state index contributed by atoms with van der Waals surface area (Å²) in [6, 6.07) is 3.76. The highest BCUT2D eigenvalue weighted by atomic mass is 16.6. The monoisotopic (exact) mass is 280 g/mol. The lowest BCUT2D eigenvalue weighted by molar-refractivity contribution is -0.384. The molecule has 20 heavy (non-hydrogen) atoms. The summed E-state index contributed by atoms with van der Waals surface area (Å²) < 4.78 is 0. The smallest absolute Gasteiger partial charge is 0.335 e. The van der Waals surface area contributed by atoms with Gasteiger partial charge in [0.2, 0.25) is 0 Å². The van der Waals surface area contributed by atoms with Gasteiger partial charge in [0.1, 0.15) is 5.69 Å². The summed E-state index contributed by atoms with van der Waals surface area (Å²) in [5.74, 6) is -1.12. The molecule has 1 aromatic rings. The number of nitro benzene ring substituents is 1. The van der Waals surface area contributed by atoms with Gasteiger partial charge in [0.05, 0.1) is 16.1 Å². The van der Waals surface area contributed by atoms with Crippen LogP contribution in [-0.4, -0.2) is 39.8 Å². The first-order valence-electron chi connectivity index (χ1n) is 6.29. The number of hydrogen-bond donors (Lipinski definition) is 2. The van der Waals surface area contributed by atoms with E-state index in [1.165, 1.54) is 18.2 Å². The minimum Gasteiger partial charge on any atom is -0.478 e. The summed E-state index contributed by atoms with van der Waals surface area (Å²) in [4.78, 5) is 23.3. The van der Waals surface area contributed by atoms with E-state index in [9.17, 15) is 20.0 Å². The minimum atomic E-state index is -1.12. The highest BCUT2D eigenvalue weighted by molar-refractivity contribution is 5.90. The molecule has 7 heteroatoms. The Morgan fingerprint density at radius 2 is 2.00 bits per heavy atom. The zero-order valence-electron chi connectivity index (χ0n) is 11.1. The number of carboxylic acids is 1. The van der Waals surface area contributed by atoms with Crippen LogP contribution in [0.3, 0.4) is 0 Å². The third-order valence-electron chi connectivity index (χ3n) is 3.60. The average Bonchev–Trinajstić information content (AvgIpc) is 2.37. The second kappa shape index (κ2) is 5.09. The van der Waals surface area contributed by atoms with E-state index in [0.29, 0.717) is 31.6 Å². The van der Waals surface area contributed by atoms with Gasteiger partial charge in [-0.3, -0.25) is 10.1 Å². The molecule has 1 saturated heterocycles. The third-order valence-corrected chi connectivity index (χ3v) is 3.60. The van der Waals surface area contributed by atoms with Crippen LogP contribution in [0.5, 0.6) is 0 Å². The molecule has 1 fully saturated rings. The zero-order chi connectivity index (χ0) is 14.9. The largest absolute Gasteiger partial charge is 0.478 e. The summed E-state index contributed by atoms with van der Waals surface area (Å²) in [7, 11) is 0. The summed E-state index contributed by atoms with van der Waals surface area (Å²) in [5.41, 5.74) is -0.569. The van der Waals surface area contributed by atoms with Crippen LogP contribution in [0.4, 0.5) is 11.4 Å². The molecule has 0 radical (unpaired) electrons. The van der Waals surface area contributed by atoms with E-state index in [2.05, 4.69) is 0 Å². The molecule has 1 heterocycles. The van der Waals surface area contributed by atoms with Crippen molar-refractivity contribution >= 4 is 17.3 Å². The van der Waals surface area contributed by atoms with Gasteiger partial charge in [-0.15, -0.1) is 0 Å². The Bertz CT molecular complexity index is 546. The number of carboxylic acid groups (broad SMARTS) is 1. The summed E-state index contributed by atoms with van der Waals surface area (Å²) in [5, 5.41) is 30.0. The lowest BCUT2D eigenvalue weighted by Crippen LogP contribution is -2.42. The second-order valence-corrected chi connectivity index (χ2v) is 5.25. The molecule has 2 N–H and O–H groups in total. The van der Waals surface area contributed by atoms with Gasteiger partial charge in [0.25, 0.3) is 5.69 Å². The van der Waals surface area contributed by atoms with E-state index in [1.807, 2.05) is 0 Å². The van der Waals surface area contributed by atoms with Crippen molar-refractivity contribution in [2.75, 3.05) is 18.0 Å². The SMILES string of the molecule is CC1(O)CCN(c2cc(C(=O)O)ccc2[N+](=O)[O-])CC1. The minimum absolute atomic E-state index is 0.0166. The molecule has 0 bridgehead atoms. The molecule has 7 nitrogen and oxygen atoms in total. The molecule has 0 atom stereocenters. The fraction of sp³-hybridized carbons (Fsp3) is 0.462. The Morgan fingerprint density at radius 3 is 2.50 bits per heavy atom. The van der Waals surface area contributed by atoms with Crippen LogP contribution in [0, 0.1) is 10.1 Å². The quantitative estimate of drug-likeness (QED) is 0.644. The predicted octanol–water partition coefficient (Wildman–Crippen LogP) is 1.64. The van der Waals surface area contributed by atoms with Gasteiger partial charge < -0.3 is 15.1 Å². The van der Waals surface area contributed by atoms with Gasteiger partial charge in [-0.2, -0.15) is 0 Å². The van der Waals surface area contributed by atoms with Gasteiger partial charge >= 0.3 is 5.97 Å². The second-order valence-electron chi connectivity index (χ2n) is 5.25. The van der Waals surface area contributed by atoms with E-state index in [0.717, 1.165) is 0 Å². The molecule has 0 aliphatic carbocycles. The first-order chi connectivity index (χ1) is 9.30. The molecule has 0 aromatic heterocycles. The van der Waals surface area contributed by atoms with E-state index in [1.54, 1.807) is 11.8 Å². The third kappa shape index (κ3) is 2.88. The maximum Gasteiger partial charge on any atom is 0.335 e. The highest BCUT2D eigenvalue weighted by Gasteiger charge is 2.30. The first kappa shape index (κ1) is 14.3. The molecule has 1 aliphatic rings. The topological polar surface area (TPSA) is 104 Å². The molecule has 108 valence electrons. The lowest BCUT2D eigenvalue weighted by Gasteiger charge is -2.36. The van der Waals surface area contributed by atoms with E-state index >= 15 is 0 Å². The van der Waals surface area contributed by atoms with Crippen LogP contribution >= 0.6 is 0 Å². The maximum atomic E-state index is 11.1. The number of piperidine rings is 1. The normalized spacial score (nSPS) is 17.8. The molecule has 1 aromatic carbocycles. The summed E-state index contributed by atoms with van der Waals surface area (Å²) in [6.07, 6.45) is 0.975. The fourth-order valence-corrected chi connectivity index (χ4v) is 2.29.